The summed E-state index contributed by atoms with van der Waals surface area (Å²) < 4.78 is 7.03. The van der Waals surface area contributed by atoms with E-state index in [1.165, 1.54) is 0 Å². The summed E-state index contributed by atoms with van der Waals surface area (Å²) in [6, 6.07) is 10.4. The number of pyridine rings is 1. The molecule has 0 atom stereocenters. The number of H-pyrrole nitrogens is 1. The van der Waals surface area contributed by atoms with Gasteiger partial charge in [0, 0.05) is 17.3 Å². The van der Waals surface area contributed by atoms with Crippen LogP contribution in [0.25, 0.3) is 5.52 Å². The SMILES string of the molecule is CCCc1c(N(OC(C)(C)C)C(=O)c2ccc(OCC)cc2)n2[nH]ccc2c(C#N)c1=O. The first kappa shape index (κ1) is 23.1. The monoisotopic (exact) mass is 436 g/mol. The van der Waals surface area contributed by atoms with E-state index in [1.807, 2.05) is 40.7 Å². The van der Waals surface area contributed by atoms with Crippen LogP contribution in [-0.4, -0.2) is 27.7 Å². The van der Waals surface area contributed by atoms with Crippen molar-refractivity contribution in [2.24, 2.45) is 0 Å². The largest absolute Gasteiger partial charge is 0.494 e. The Morgan fingerprint density at radius 3 is 2.44 bits per heavy atom. The van der Waals surface area contributed by atoms with E-state index in [1.54, 1.807) is 41.0 Å². The number of carbonyl (C=O) groups is 1. The molecule has 8 heteroatoms. The van der Waals surface area contributed by atoms with E-state index >= 15 is 0 Å². The highest BCUT2D eigenvalue weighted by atomic mass is 16.7. The summed E-state index contributed by atoms with van der Waals surface area (Å²) >= 11 is 0. The number of carbonyl (C=O) groups excluding carboxylic acids is 1. The molecule has 0 spiro atoms. The predicted octanol–water partition coefficient (Wildman–Crippen LogP) is 4.23. The Morgan fingerprint density at radius 1 is 1.19 bits per heavy atom. The summed E-state index contributed by atoms with van der Waals surface area (Å²) in [5, 5.41) is 13.8. The maximum atomic E-state index is 13.6. The van der Waals surface area contributed by atoms with Gasteiger partial charge in [-0.2, -0.15) is 10.3 Å². The van der Waals surface area contributed by atoms with Gasteiger partial charge in [-0.15, -0.1) is 0 Å². The fourth-order valence-corrected chi connectivity index (χ4v) is 3.44. The third kappa shape index (κ3) is 4.53. The average Bonchev–Trinajstić information content (AvgIpc) is 3.22. The molecule has 1 amide bonds. The second kappa shape index (κ2) is 9.28. The number of hydrogen-bond donors (Lipinski definition) is 1. The number of rotatable bonds is 7. The standard InChI is InChI=1S/C24H28N4O4/c1-6-8-18-21(29)19(15-25)20-13-14-26-27(20)22(18)28(32-24(3,4)5)23(30)16-9-11-17(12-10-16)31-7-2/h9-14,26H,6-8H2,1-5H3. The smallest absolute Gasteiger partial charge is 0.283 e. The van der Waals surface area contributed by atoms with Crippen LogP contribution in [0.3, 0.4) is 0 Å². The van der Waals surface area contributed by atoms with Crippen LogP contribution in [0, 0.1) is 11.3 Å². The minimum Gasteiger partial charge on any atom is -0.494 e. The zero-order chi connectivity index (χ0) is 23.5. The van der Waals surface area contributed by atoms with Crippen molar-refractivity contribution < 1.29 is 14.4 Å². The van der Waals surface area contributed by atoms with Crippen molar-refractivity contribution in [1.82, 2.24) is 9.61 Å². The quantitative estimate of drug-likeness (QED) is 0.559. The number of amides is 1. The number of aromatic amines is 1. The molecule has 0 aliphatic rings. The summed E-state index contributed by atoms with van der Waals surface area (Å²) in [5.41, 5.74) is -0.00585. The minimum atomic E-state index is -0.735. The van der Waals surface area contributed by atoms with Gasteiger partial charge in [-0.1, -0.05) is 13.3 Å². The number of nitrogens with zero attached hydrogens (tertiary/aromatic N) is 3. The van der Waals surface area contributed by atoms with Crippen molar-refractivity contribution in [3.63, 3.8) is 0 Å². The zero-order valence-corrected chi connectivity index (χ0v) is 19.1. The molecule has 168 valence electrons. The Labute approximate surface area is 186 Å². The molecule has 0 aliphatic carbocycles. The van der Waals surface area contributed by atoms with Crippen LogP contribution in [0.5, 0.6) is 5.75 Å². The Morgan fingerprint density at radius 2 is 1.88 bits per heavy atom. The third-order valence-electron chi connectivity index (χ3n) is 4.69. The lowest BCUT2D eigenvalue weighted by Crippen LogP contribution is -2.41. The van der Waals surface area contributed by atoms with Crippen LogP contribution < -0.4 is 15.2 Å². The molecule has 1 N–H and O–H groups in total. The van der Waals surface area contributed by atoms with E-state index in [2.05, 4.69) is 5.10 Å². The number of hydroxylamine groups is 1. The average molecular weight is 437 g/mol. The molecule has 0 aliphatic heterocycles. The van der Waals surface area contributed by atoms with Crippen LogP contribution in [0.4, 0.5) is 5.82 Å². The molecule has 0 saturated heterocycles. The molecule has 2 aromatic heterocycles. The number of nitrogens with one attached hydrogen (secondary N) is 1. The normalized spacial score (nSPS) is 11.4. The van der Waals surface area contributed by atoms with Crippen LogP contribution in [0.1, 0.15) is 62.5 Å². The fourth-order valence-electron chi connectivity index (χ4n) is 3.44. The molecule has 0 fully saturated rings. The zero-order valence-electron chi connectivity index (χ0n) is 19.1. The second-order valence-electron chi connectivity index (χ2n) is 8.31. The topological polar surface area (TPSA) is 99.8 Å². The van der Waals surface area contributed by atoms with Crippen molar-refractivity contribution in [2.75, 3.05) is 11.7 Å². The number of benzene rings is 1. The third-order valence-corrected chi connectivity index (χ3v) is 4.69. The van der Waals surface area contributed by atoms with Gasteiger partial charge in [0.2, 0.25) is 5.43 Å². The van der Waals surface area contributed by atoms with E-state index in [0.29, 0.717) is 41.8 Å². The van der Waals surface area contributed by atoms with Crippen molar-refractivity contribution in [3.05, 3.63) is 63.4 Å². The van der Waals surface area contributed by atoms with Crippen LogP contribution in [-0.2, 0) is 11.3 Å². The van der Waals surface area contributed by atoms with Gasteiger partial charge in [-0.3, -0.25) is 19.5 Å². The number of nitriles is 1. The Balaban J connectivity index is 2.25. The highest BCUT2D eigenvalue weighted by molar-refractivity contribution is 6.05. The van der Waals surface area contributed by atoms with Gasteiger partial charge in [0.15, 0.2) is 5.82 Å². The van der Waals surface area contributed by atoms with Crippen LogP contribution in [0.15, 0.2) is 41.3 Å². The van der Waals surface area contributed by atoms with E-state index in [-0.39, 0.29) is 11.4 Å². The molecule has 0 bridgehead atoms. The Kier molecular flexibility index (Phi) is 6.70. The van der Waals surface area contributed by atoms with Crippen molar-refractivity contribution in [2.45, 2.75) is 53.1 Å². The van der Waals surface area contributed by atoms with Crippen LogP contribution in [0.2, 0.25) is 0 Å². The van der Waals surface area contributed by atoms with Gasteiger partial charge in [0.1, 0.15) is 17.4 Å². The lowest BCUT2D eigenvalue weighted by Gasteiger charge is -2.31. The number of ether oxygens (including phenoxy) is 1. The lowest BCUT2D eigenvalue weighted by atomic mass is 10.1. The molecular formula is C24H28N4O4. The van der Waals surface area contributed by atoms with Crippen molar-refractivity contribution in [1.29, 1.82) is 5.26 Å². The van der Waals surface area contributed by atoms with E-state index < -0.39 is 16.9 Å². The van der Waals surface area contributed by atoms with Gasteiger partial charge in [0.05, 0.1) is 17.7 Å². The summed E-state index contributed by atoms with van der Waals surface area (Å²) in [6.07, 6.45) is 2.65. The molecule has 2 heterocycles. The summed E-state index contributed by atoms with van der Waals surface area (Å²) in [6.45, 7) is 9.81. The molecule has 3 aromatic rings. The molecule has 0 unspecified atom stereocenters. The molecule has 8 nitrogen and oxygen atoms in total. The highest BCUT2D eigenvalue weighted by Gasteiger charge is 2.31. The van der Waals surface area contributed by atoms with E-state index in [4.69, 9.17) is 9.57 Å². The first-order valence-electron chi connectivity index (χ1n) is 10.6. The van der Waals surface area contributed by atoms with Gasteiger partial charge in [0.25, 0.3) is 5.91 Å². The number of aromatic nitrogens is 2. The van der Waals surface area contributed by atoms with Crippen molar-refractivity contribution >= 4 is 17.2 Å². The molecule has 32 heavy (non-hydrogen) atoms. The van der Waals surface area contributed by atoms with E-state index in [0.717, 1.165) is 5.06 Å². The van der Waals surface area contributed by atoms with Crippen LogP contribution >= 0.6 is 0 Å². The fraction of sp³-hybridized carbons (Fsp3) is 0.375. The highest BCUT2D eigenvalue weighted by Crippen LogP contribution is 2.28. The second-order valence-corrected chi connectivity index (χ2v) is 8.31. The Bertz CT molecular complexity index is 1210. The molecule has 0 saturated carbocycles. The van der Waals surface area contributed by atoms with Gasteiger partial charge >= 0.3 is 0 Å². The molecule has 1 aromatic carbocycles. The maximum absolute atomic E-state index is 13.6. The minimum absolute atomic E-state index is 0.0303. The van der Waals surface area contributed by atoms with E-state index in [9.17, 15) is 14.9 Å². The Hall–Kier alpha value is -3.57. The number of hydrogen-bond acceptors (Lipinski definition) is 5. The van der Waals surface area contributed by atoms with Gasteiger partial charge in [-0.25, -0.2) is 4.52 Å². The lowest BCUT2D eigenvalue weighted by molar-refractivity contribution is -0.0173. The maximum Gasteiger partial charge on any atom is 0.283 e. The predicted molar refractivity (Wildman–Crippen MR) is 122 cm³/mol. The first-order valence-corrected chi connectivity index (χ1v) is 10.6. The molecule has 0 radical (unpaired) electrons. The number of anilines is 1. The molecular weight excluding hydrogens is 408 g/mol. The first-order chi connectivity index (χ1) is 15.2. The summed E-state index contributed by atoms with van der Waals surface area (Å²) in [7, 11) is 0. The van der Waals surface area contributed by atoms with Gasteiger partial charge in [-0.05, 0) is 64.4 Å². The van der Waals surface area contributed by atoms with Crippen molar-refractivity contribution in [3.8, 4) is 11.8 Å². The van der Waals surface area contributed by atoms with Gasteiger partial charge < -0.3 is 4.74 Å². The molecule has 3 rings (SSSR count). The summed E-state index contributed by atoms with van der Waals surface area (Å²) in [4.78, 5) is 33.0. The summed E-state index contributed by atoms with van der Waals surface area (Å²) in [5.74, 6) is 0.484. The number of fused-ring (bicyclic) bond motifs is 1.